The molecular formula is C19H15Cl2NO2. The molecule has 0 radical (unpaired) electrons. The van der Waals surface area contributed by atoms with Crippen molar-refractivity contribution in [3.63, 3.8) is 0 Å². The van der Waals surface area contributed by atoms with Crippen LogP contribution in [0.5, 0.6) is 11.5 Å². The number of phenolic OH excluding ortho intramolecular Hbond substituents is 1. The number of benzene rings is 2. The molecule has 0 saturated carbocycles. The zero-order valence-electron chi connectivity index (χ0n) is 13.0. The molecule has 0 atom stereocenters. The number of aromatic hydroxyl groups is 1. The van der Waals surface area contributed by atoms with Gasteiger partial charge >= 0.3 is 0 Å². The maximum Gasteiger partial charge on any atom is 0.160 e. The van der Waals surface area contributed by atoms with Crippen molar-refractivity contribution < 1.29 is 9.84 Å². The molecule has 3 aromatic rings. The molecular weight excluding hydrogens is 345 g/mol. The molecule has 0 fully saturated rings. The number of aromatic nitrogens is 1. The van der Waals surface area contributed by atoms with Crippen LogP contribution in [-0.2, 0) is 0 Å². The van der Waals surface area contributed by atoms with Gasteiger partial charge in [0.15, 0.2) is 5.75 Å². The number of para-hydroxylation sites is 1. The number of hydrogen-bond acceptors (Lipinski definition) is 3. The molecule has 1 heterocycles. The van der Waals surface area contributed by atoms with E-state index >= 15 is 0 Å². The zero-order valence-corrected chi connectivity index (χ0v) is 14.5. The fraction of sp³-hybridized carbons (Fsp3) is 0.105. The number of rotatable bonds is 4. The van der Waals surface area contributed by atoms with Crippen molar-refractivity contribution in [2.75, 3.05) is 6.61 Å². The lowest BCUT2D eigenvalue weighted by Crippen LogP contribution is -1.93. The summed E-state index contributed by atoms with van der Waals surface area (Å²) >= 11 is 12.1. The first-order chi connectivity index (χ1) is 11.6. The van der Waals surface area contributed by atoms with Gasteiger partial charge in [0, 0.05) is 10.9 Å². The first-order valence-corrected chi connectivity index (χ1v) is 8.23. The van der Waals surface area contributed by atoms with Crippen molar-refractivity contribution in [2.45, 2.75) is 6.92 Å². The molecule has 0 aliphatic rings. The lowest BCUT2D eigenvalue weighted by Gasteiger charge is -2.07. The van der Waals surface area contributed by atoms with Crippen molar-refractivity contribution in [3.05, 3.63) is 63.8 Å². The molecule has 122 valence electrons. The van der Waals surface area contributed by atoms with E-state index < -0.39 is 0 Å². The van der Waals surface area contributed by atoms with E-state index in [1.807, 2.05) is 55.5 Å². The Kier molecular flexibility index (Phi) is 4.93. The average Bonchev–Trinajstić information content (AvgIpc) is 2.59. The number of hydrogen-bond donors (Lipinski definition) is 1. The summed E-state index contributed by atoms with van der Waals surface area (Å²) < 4.78 is 5.60. The molecule has 0 saturated heterocycles. The van der Waals surface area contributed by atoms with Crippen LogP contribution < -0.4 is 4.74 Å². The summed E-state index contributed by atoms with van der Waals surface area (Å²) in [6, 6.07) is 12.9. The predicted octanol–water partition coefficient (Wildman–Crippen LogP) is 5.82. The van der Waals surface area contributed by atoms with Crippen LogP contribution in [0, 0.1) is 0 Å². The lowest BCUT2D eigenvalue weighted by atomic mass is 10.1. The number of phenols is 1. The SMILES string of the molecule is CCOc1ccccc1/C=C/c1ccc2c(Cl)cc(Cl)c(O)c2n1. The highest BCUT2D eigenvalue weighted by Gasteiger charge is 2.10. The molecule has 0 aliphatic heterocycles. The third-order valence-electron chi connectivity index (χ3n) is 3.53. The summed E-state index contributed by atoms with van der Waals surface area (Å²) in [5.41, 5.74) is 2.02. The van der Waals surface area contributed by atoms with Crippen LogP contribution in [0.2, 0.25) is 10.0 Å². The third-order valence-corrected chi connectivity index (χ3v) is 4.13. The van der Waals surface area contributed by atoms with E-state index in [4.69, 9.17) is 27.9 Å². The van der Waals surface area contributed by atoms with Gasteiger partial charge in [-0.05, 0) is 43.3 Å². The summed E-state index contributed by atoms with van der Waals surface area (Å²) in [6.45, 7) is 2.55. The van der Waals surface area contributed by atoms with Crippen molar-refractivity contribution in [3.8, 4) is 11.5 Å². The van der Waals surface area contributed by atoms with Crippen LogP contribution in [0.1, 0.15) is 18.2 Å². The number of ether oxygens (including phenoxy) is 1. The molecule has 3 nitrogen and oxygen atoms in total. The Labute approximate surface area is 150 Å². The van der Waals surface area contributed by atoms with Crippen LogP contribution in [-0.4, -0.2) is 16.7 Å². The summed E-state index contributed by atoms with van der Waals surface area (Å²) in [4.78, 5) is 4.44. The minimum atomic E-state index is -0.0685. The standard InChI is InChI=1S/C19H15Cl2NO2/c1-2-24-17-6-4-3-5-12(17)7-8-13-9-10-14-15(20)11-16(21)19(23)18(14)22-13/h3-11,23H,2H2,1H3/b8-7+. The molecule has 1 N–H and O–H groups in total. The second kappa shape index (κ2) is 7.12. The Bertz CT molecular complexity index is 923. The van der Waals surface area contributed by atoms with Gasteiger partial charge in [-0.3, -0.25) is 0 Å². The summed E-state index contributed by atoms with van der Waals surface area (Å²) in [5, 5.41) is 11.4. The van der Waals surface area contributed by atoms with Gasteiger partial charge in [0.25, 0.3) is 0 Å². The molecule has 24 heavy (non-hydrogen) atoms. The summed E-state index contributed by atoms with van der Waals surface area (Å²) in [7, 11) is 0. The van der Waals surface area contributed by atoms with Crippen LogP contribution >= 0.6 is 23.2 Å². The molecule has 0 bridgehead atoms. The summed E-state index contributed by atoms with van der Waals surface area (Å²) in [5.74, 6) is 0.743. The van der Waals surface area contributed by atoms with Crippen molar-refractivity contribution in [1.82, 2.24) is 4.98 Å². The monoisotopic (exact) mass is 359 g/mol. The lowest BCUT2D eigenvalue weighted by molar-refractivity contribution is 0.339. The highest BCUT2D eigenvalue weighted by Crippen LogP contribution is 2.36. The van der Waals surface area contributed by atoms with Crippen LogP contribution in [0.15, 0.2) is 42.5 Å². The largest absolute Gasteiger partial charge is 0.504 e. The van der Waals surface area contributed by atoms with Gasteiger partial charge in [-0.2, -0.15) is 0 Å². The van der Waals surface area contributed by atoms with E-state index in [0.29, 0.717) is 28.2 Å². The molecule has 0 unspecified atom stereocenters. The maximum absolute atomic E-state index is 10.1. The van der Waals surface area contributed by atoms with Gasteiger partial charge in [-0.15, -0.1) is 0 Å². The highest BCUT2D eigenvalue weighted by atomic mass is 35.5. The van der Waals surface area contributed by atoms with Gasteiger partial charge in [0.1, 0.15) is 11.3 Å². The van der Waals surface area contributed by atoms with Crippen molar-refractivity contribution in [2.24, 2.45) is 0 Å². The molecule has 0 spiro atoms. The number of nitrogens with zero attached hydrogens (tertiary/aromatic N) is 1. The second-order valence-electron chi connectivity index (χ2n) is 5.13. The maximum atomic E-state index is 10.1. The Morgan fingerprint density at radius 3 is 2.67 bits per heavy atom. The van der Waals surface area contributed by atoms with Crippen LogP contribution in [0.3, 0.4) is 0 Å². The van der Waals surface area contributed by atoms with E-state index in [-0.39, 0.29) is 10.8 Å². The summed E-state index contributed by atoms with van der Waals surface area (Å²) in [6.07, 6.45) is 3.77. The van der Waals surface area contributed by atoms with Gasteiger partial charge in [-0.25, -0.2) is 4.98 Å². The second-order valence-corrected chi connectivity index (χ2v) is 5.94. The predicted molar refractivity (Wildman–Crippen MR) is 100.0 cm³/mol. The molecule has 3 rings (SSSR count). The molecule has 1 aromatic heterocycles. The van der Waals surface area contributed by atoms with Crippen LogP contribution in [0.25, 0.3) is 23.1 Å². The van der Waals surface area contributed by atoms with Gasteiger partial charge in [0.05, 0.1) is 22.3 Å². The quantitative estimate of drug-likeness (QED) is 0.638. The van der Waals surface area contributed by atoms with E-state index in [2.05, 4.69) is 4.98 Å². The average molecular weight is 360 g/mol. The van der Waals surface area contributed by atoms with Gasteiger partial charge in [-0.1, -0.05) is 41.4 Å². The Morgan fingerprint density at radius 2 is 1.88 bits per heavy atom. The fourth-order valence-electron chi connectivity index (χ4n) is 2.39. The molecule has 0 aliphatic carbocycles. The molecule has 2 aromatic carbocycles. The number of pyridine rings is 1. The van der Waals surface area contributed by atoms with E-state index in [9.17, 15) is 5.11 Å². The molecule has 0 amide bonds. The minimum absolute atomic E-state index is 0.0685. The smallest absolute Gasteiger partial charge is 0.160 e. The Balaban J connectivity index is 2.01. The van der Waals surface area contributed by atoms with Crippen LogP contribution in [0.4, 0.5) is 0 Å². The normalized spacial score (nSPS) is 11.3. The molecule has 5 heteroatoms. The van der Waals surface area contributed by atoms with E-state index in [1.54, 1.807) is 0 Å². The topological polar surface area (TPSA) is 42.4 Å². The fourth-order valence-corrected chi connectivity index (χ4v) is 2.91. The van der Waals surface area contributed by atoms with E-state index in [0.717, 1.165) is 11.3 Å². The van der Waals surface area contributed by atoms with Crippen molar-refractivity contribution in [1.29, 1.82) is 0 Å². The first-order valence-electron chi connectivity index (χ1n) is 7.47. The third kappa shape index (κ3) is 3.32. The minimum Gasteiger partial charge on any atom is -0.504 e. The Hall–Kier alpha value is -2.23. The zero-order chi connectivity index (χ0) is 17.1. The highest BCUT2D eigenvalue weighted by molar-refractivity contribution is 6.39. The number of halogens is 2. The van der Waals surface area contributed by atoms with Crippen molar-refractivity contribution >= 4 is 46.3 Å². The van der Waals surface area contributed by atoms with E-state index in [1.165, 1.54) is 6.07 Å². The van der Waals surface area contributed by atoms with Gasteiger partial charge in [0.2, 0.25) is 0 Å². The Morgan fingerprint density at radius 1 is 1.08 bits per heavy atom. The number of fused-ring (bicyclic) bond motifs is 1. The van der Waals surface area contributed by atoms with Gasteiger partial charge < -0.3 is 9.84 Å². The first kappa shape index (κ1) is 16.6.